The summed E-state index contributed by atoms with van der Waals surface area (Å²) in [6.07, 6.45) is 2.71. The number of hydrogen-bond donors (Lipinski definition) is 2. The molecule has 3 nitrogen and oxygen atoms in total. The van der Waals surface area contributed by atoms with Gasteiger partial charge in [-0.05, 0) is 18.4 Å². The quantitative estimate of drug-likeness (QED) is 0.616. The largest absolute Gasteiger partial charge is 0.370 e. The predicted molar refractivity (Wildman–Crippen MR) is 65.4 cm³/mol. The summed E-state index contributed by atoms with van der Waals surface area (Å²) in [4.78, 5) is 4.21. The van der Waals surface area contributed by atoms with Gasteiger partial charge in [-0.15, -0.1) is 0 Å². The summed E-state index contributed by atoms with van der Waals surface area (Å²) in [5.74, 6) is 0.382. The van der Waals surface area contributed by atoms with Crippen LogP contribution in [0.25, 0.3) is 0 Å². The first kappa shape index (κ1) is 10.6. The average molecular weight is 233 g/mol. The van der Waals surface area contributed by atoms with Crippen LogP contribution in [0.1, 0.15) is 24.8 Å². The topological polar surface area (TPSA) is 50.4 Å². The van der Waals surface area contributed by atoms with Gasteiger partial charge in [0.1, 0.15) is 0 Å². The molecule has 2 aliphatic rings. The molecule has 4 heteroatoms. The molecule has 0 amide bonds. The fourth-order valence-corrected chi connectivity index (χ4v) is 2.04. The van der Waals surface area contributed by atoms with Crippen molar-refractivity contribution in [2.75, 3.05) is 0 Å². The molecule has 3 rings (SSSR count). The van der Waals surface area contributed by atoms with E-state index in [9.17, 15) is 4.39 Å². The Morgan fingerprint density at radius 2 is 2.06 bits per heavy atom. The fraction of sp³-hybridized carbons (Fsp3) is 0.462. The lowest BCUT2D eigenvalue weighted by Crippen LogP contribution is -2.33. The first-order chi connectivity index (χ1) is 8.18. The second kappa shape index (κ2) is 3.72. The zero-order valence-electron chi connectivity index (χ0n) is 9.57. The van der Waals surface area contributed by atoms with Gasteiger partial charge in [0.25, 0.3) is 0 Å². The van der Waals surface area contributed by atoms with Crippen LogP contribution in [0.4, 0.5) is 4.39 Å². The van der Waals surface area contributed by atoms with Crippen LogP contribution in [-0.2, 0) is 5.67 Å². The van der Waals surface area contributed by atoms with Crippen LogP contribution in [0.5, 0.6) is 0 Å². The molecule has 1 aromatic carbocycles. The highest BCUT2D eigenvalue weighted by atomic mass is 19.1. The standard InChI is InChI=1S/C13H16FN3/c14-13(9-4-2-1-3-5-9)8-11(13)17-12(15)16-10-6-7-10/h1-5,10-11H,6-8H2,(H3,15,16,17). The van der Waals surface area contributed by atoms with Gasteiger partial charge in [0.2, 0.25) is 0 Å². The molecule has 0 aliphatic heterocycles. The van der Waals surface area contributed by atoms with Crippen LogP contribution in [0.15, 0.2) is 35.3 Å². The maximum Gasteiger partial charge on any atom is 0.189 e. The van der Waals surface area contributed by atoms with Crippen LogP contribution in [-0.4, -0.2) is 18.0 Å². The van der Waals surface area contributed by atoms with E-state index in [4.69, 9.17) is 5.73 Å². The molecular weight excluding hydrogens is 217 g/mol. The van der Waals surface area contributed by atoms with Crippen molar-refractivity contribution in [3.63, 3.8) is 0 Å². The van der Waals surface area contributed by atoms with E-state index in [1.165, 1.54) is 0 Å². The van der Waals surface area contributed by atoms with Gasteiger partial charge in [-0.25, -0.2) is 9.38 Å². The number of rotatable bonds is 3. The zero-order chi connectivity index (χ0) is 11.9. The van der Waals surface area contributed by atoms with Crippen LogP contribution < -0.4 is 11.1 Å². The third-order valence-electron chi connectivity index (χ3n) is 3.34. The van der Waals surface area contributed by atoms with E-state index in [0.717, 1.165) is 12.8 Å². The molecule has 0 bridgehead atoms. The van der Waals surface area contributed by atoms with E-state index < -0.39 is 5.67 Å². The number of guanidine groups is 1. The minimum Gasteiger partial charge on any atom is -0.370 e. The summed E-state index contributed by atoms with van der Waals surface area (Å²) in [5.41, 5.74) is 5.12. The highest BCUT2D eigenvalue weighted by Gasteiger charge is 2.57. The lowest BCUT2D eigenvalue weighted by molar-refractivity contribution is 0.306. The van der Waals surface area contributed by atoms with Crippen molar-refractivity contribution in [1.82, 2.24) is 5.32 Å². The Bertz CT molecular complexity index is 441. The minimum atomic E-state index is -1.31. The number of nitrogens with one attached hydrogen (secondary N) is 1. The SMILES string of the molecule is NC(=NC1CC1(F)c1ccccc1)NC1CC1. The van der Waals surface area contributed by atoms with Crippen molar-refractivity contribution in [2.45, 2.75) is 37.0 Å². The van der Waals surface area contributed by atoms with Crippen LogP contribution in [0.3, 0.4) is 0 Å². The summed E-state index contributed by atoms with van der Waals surface area (Å²) in [7, 11) is 0. The molecule has 0 saturated heterocycles. The molecule has 0 heterocycles. The van der Waals surface area contributed by atoms with Gasteiger partial charge in [-0.3, -0.25) is 0 Å². The monoisotopic (exact) mass is 233 g/mol. The van der Waals surface area contributed by atoms with Crippen molar-refractivity contribution in [3.05, 3.63) is 35.9 Å². The molecule has 2 aliphatic carbocycles. The molecule has 0 aromatic heterocycles. The van der Waals surface area contributed by atoms with Crippen molar-refractivity contribution in [1.29, 1.82) is 0 Å². The first-order valence-corrected chi connectivity index (χ1v) is 6.03. The van der Waals surface area contributed by atoms with Gasteiger partial charge in [-0.2, -0.15) is 0 Å². The predicted octanol–water partition coefficient (Wildman–Crippen LogP) is 1.69. The summed E-state index contributed by atoms with van der Waals surface area (Å²) in [5, 5.41) is 3.08. The maximum absolute atomic E-state index is 14.4. The van der Waals surface area contributed by atoms with E-state index in [1.807, 2.05) is 18.2 Å². The first-order valence-electron chi connectivity index (χ1n) is 6.03. The van der Waals surface area contributed by atoms with Crippen molar-refractivity contribution in [3.8, 4) is 0 Å². The second-order valence-corrected chi connectivity index (χ2v) is 4.88. The fourth-order valence-electron chi connectivity index (χ4n) is 2.04. The number of hydrogen-bond acceptors (Lipinski definition) is 1. The van der Waals surface area contributed by atoms with Gasteiger partial charge in [-0.1, -0.05) is 30.3 Å². The summed E-state index contributed by atoms with van der Waals surface area (Å²) in [6, 6.07) is 9.33. The molecule has 2 unspecified atom stereocenters. The molecule has 2 atom stereocenters. The van der Waals surface area contributed by atoms with Crippen molar-refractivity contribution >= 4 is 5.96 Å². The number of nitrogens with two attached hydrogens (primary N) is 1. The smallest absolute Gasteiger partial charge is 0.189 e. The molecule has 1 aromatic rings. The van der Waals surface area contributed by atoms with E-state index >= 15 is 0 Å². The van der Waals surface area contributed by atoms with E-state index in [-0.39, 0.29) is 6.04 Å². The molecule has 0 spiro atoms. The Morgan fingerprint density at radius 3 is 2.71 bits per heavy atom. The maximum atomic E-state index is 14.4. The molecule has 2 saturated carbocycles. The Hall–Kier alpha value is -1.58. The Balaban J connectivity index is 1.68. The number of alkyl halides is 1. The minimum absolute atomic E-state index is 0.323. The summed E-state index contributed by atoms with van der Waals surface area (Å²) < 4.78 is 14.4. The number of aliphatic imine (C=N–C) groups is 1. The van der Waals surface area contributed by atoms with E-state index in [0.29, 0.717) is 24.0 Å². The summed E-state index contributed by atoms with van der Waals surface area (Å²) in [6.45, 7) is 0. The van der Waals surface area contributed by atoms with Gasteiger partial charge in [0, 0.05) is 12.5 Å². The van der Waals surface area contributed by atoms with Gasteiger partial charge < -0.3 is 11.1 Å². The lowest BCUT2D eigenvalue weighted by atomic mass is 10.1. The zero-order valence-corrected chi connectivity index (χ0v) is 9.57. The highest BCUT2D eigenvalue weighted by Crippen LogP contribution is 2.51. The Morgan fingerprint density at radius 1 is 1.35 bits per heavy atom. The number of benzene rings is 1. The number of nitrogens with zero attached hydrogens (tertiary/aromatic N) is 1. The van der Waals surface area contributed by atoms with E-state index in [2.05, 4.69) is 10.3 Å². The second-order valence-electron chi connectivity index (χ2n) is 4.88. The van der Waals surface area contributed by atoms with Gasteiger partial charge >= 0.3 is 0 Å². The van der Waals surface area contributed by atoms with Crippen molar-refractivity contribution in [2.24, 2.45) is 10.7 Å². The molecule has 3 N–H and O–H groups in total. The van der Waals surface area contributed by atoms with Crippen LogP contribution in [0, 0.1) is 0 Å². The molecule has 2 fully saturated rings. The third kappa shape index (κ3) is 2.12. The Kier molecular flexibility index (Phi) is 2.31. The number of halogens is 1. The summed E-state index contributed by atoms with van der Waals surface area (Å²) >= 11 is 0. The van der Waals surface area contributed by atoms with Crippen LogP contribution >= 0.6 is 0 Å². The third-order valence-corrected chi connectivity index (χ3v) is 3.34. The normalized spacial score (nSPS) is 32.3. The van der Waals surface area contributed by atoms with Crippen LogP contribution in [0.2, 0.25) is 0 Å². The Labute approximate surface area is 99.9 Å². The highest BCUT2D eigenvalue weighted by molar-refractivity contribution is 5.79. The average Bonchev–Trinajstić information content (AvgIpc) is 3.22. The molecular formula is C13H16FN3. The van der Waals surface area contributed by atoms with Gasteiger partial charge in [0.05, 0.1) is 6.04 Å². The molecule has 0 radical (unpaired) electrons. The van der Waals surface area contributed by atoms with Crippen molar-refractivity contribution < 1.29 is 4.39 Å². The lowest BCUT2D eigenvalue weighted by Gasteiger charge is -2.07. The molecule has 17 heavy (non-hydrogen) atoms. The van der Waals surface area contributed by atoms with E-state index in [1.54, 1.807) is 12.1 Å². The van der Waals surface area contributed by atoms with Gasteiger partial charge in [0.15, 0.2) is 11.6 Å². The molecule has 90 valence electrons.